The molecule has 1 atom stereocenters. The molecule has 0 bridgehead atoms. The van der Waals surface area contributed by atoms with E-state index >= 15 is 0 Å². The number of unbranched alkanes of at least 4 members (excludes halogenated alkanes) is 4. The summed E-state index contributed by atoms with van der Waals surface area (Å²) < 4.78 is 5.32. The zero-order chi connectivity index (χ0) is 25.6. The molecule has 1 unspecified atom stereocenters. The minimum absolute atomic E-state index is 0.0553. The lowest BCUT2D eigenvalue weighted by molar-refractivity contribution is 0.0499. The third kappa shape index (κ3) is 8.60. The predicted molar refractivity (Wildman–Crippen MR) is 146 cm³/mol. The average Bonchev–Trinajstić information content (AvgIpc) is 2.86. The number of ether oxygens (including phenoxy) is 1. The van der Waals surface area contributed by atoms with Crippen molar-refractivity contribution in [1.82, 2.24) is 0 Å². The first-order valence-electron chi connectivity index (χ1n) is 12.9. The van der Waals surface area contributed by atoms with E-state index in [1.165, 1.54) is 31.0 Å². The van der Waals surface area contributed by atoms with Gasteiger partial charge in [0.1, 0.15) is 5.75 Å². The number of amides is 1. The van der Waals surface area contributed by atoms with E-state index in [9.17, 15) is 14.7 Å². The summed E-state index contributed by atoms with van der Waals surface area (Å²) >= 11 is 1.48. The Kier molecular flexibility index (Phi) is 12.7. The van der Waals surface area contributed by atoms with Crippen LogP contribution in [0.1, 0.15) is 111 Å². The molecule has 0 heterocycles. The highest BCUT2D eigenvalue weighted by Gasteiger charge is 2.21. The van der Waals surface area contributed by atoms with Gasteiger partial charge in [0.15, 0.2) is 0 Å². The maximum absolute atomic E-state index is 13.2. The minimum Gasteiger partial charge on any atom is -0.507 e. The molecule has 2 aromatic rings. The second kappa shape index (κ2) is 15.5. The van der Waals surface area contributed by atoms with Crippen molar-refractivity contribution >= 4 is 29.3 Å². The molecule has 0 aliphatic carbocycles. The molecule has 6 heteroatoms. The molecule has 0 fully saturated rings. The SMILES string of the molecule is CCCCCCC(CCC)c1cccc(C(=O)Nc2cc(C(=O)OCCCC)ccc2SC)c1O. The topological polar surface area (TPSA) is 75.6 Å². The van der Waals surface area contributed by atoms with E-state index in [1.807, 2.05) is 25.3 Å². The summed E-state index contributed by atoms with van der Waals surface area (Å²) in [5.74, 6) is -0.512. The van der Waals surface area contributed by atoms with Crippen LogP contribution in [0.5, 0.6) is 5.75 Å². The van der Waals surface area contributed by atoms with Gasteiger partial charge in [0.05, 0.1) is 23.4 Å². The highest BCUT2D eigenvalue weighted by molar-refractivity contribution is 7.98. The maximum atomic E-state index is 13.2. The number of hydrogen-bond donors (Lipinski definition) is 2. The molecule has 2 aromatic carbocycles. The lowest BCUT2D eigenvalue weighted by Gasteiger charge is -2.20. The first kappa shape index (κ1) is 28.8. The first-order valence-corrected chi connectivity index (χ1v) is 14.2. The molecule has 0 aliphatic heterocycles. The number of para-hydroxylation sites is 1. The molecule has 35 heavy (non-hydrogen) atoms. The van der Waals surface area contributed by atoms with E-state index in [4.69, 9.17) is 4.74 Å². The number of carbonyl (C=O) groups excluding carboxylic acids is 2. The molecule has 5 nitrogen and oxygen atoms in total. The summed E-state index contributed by atoms with van der Waals surface area (Å²) in [5.41, 5.74) is 2.01. The van der Waals surface area contributed by atoms with Crippen molar-refractivity contribution in [2.75, 3.05) is 18.2 Å². The lowest BCUT2D eigenvalue weighted by atomic mass is 9.87. The van der Waals surface area contributed by atoms with Gasteiger partial charge in [-0.15, -0.1) is 11.8 Å². The molecule has 0 aliphatic rings. The van der Waals surface area contributed by atoms with Crippen LogP contribution in [0.3, 0.4) is 0 Å². The van der Waals surface area contributed by atoms with Crippen molar-refractivity contribution in [3.05, 3.63) is 53.1 Å². The number of aromatic hydroxyl groups is 1. The molecule has 0 saturated heterocycles. The van der Waals surface area contributed by atoms with Crippen LogP contribution in [-0.4, -0.2) is 29.8 Å². The normalized spacial score (nSPS) is 11.8. The minimum atomic E-state index is -0.406. The van der Waals surface area contributed by atoms with Crippen LogP contribution in [0.25, 0.3) is 0 Å². The smallest absolute Gasteiger partial charge is 0.338 e. The fourth-order valence-corrected chi connectivity index (χ4v) is 4.74. The highest BCUT2D eigenvalue weighted by atomic mass is 32.2. The Hall–Kier alpha value is -2.47. The lowest BCUT2D eigenvalue weighted by Crippen LogP contribution is -2.15. The van der Waals surface area contributed by atoms with Crippen molar-refractivity contribution in [3.8, 4) is 5.75 Å². The number of anilines is 1. The zero-order valence-corrected chi connectivity index (χ0v) is 22.5. The number of rotatable bonds is 15. The molecule has 2 N–H and O–H groups in total. The molecule has 0 radical (unpaired) electrons. The van der Waals surface area contributed by atoms with Gasteiger partial charge in [0, 0.05) is 4.90 Å². The third-order valence-corrected chi connectivity index (χ3v) is 7.01. The number of esters is 1. The summed E-state index contributed by atoms with van der Waals surface area (Å²) in [6.45, 7) is 6.76. The van der Waals surface area contributed by atoms with Gasteiger partial charge in [-0.05, 0) is 61.3 Å². The summed E-state index contributed by atoms with van der Waals surface area (Å²) in [6.07, 6.45) is 11.4. The molecule has 192 valence electrons. The Morgan fingerprint density at radius 3 is 2.43 bits per heavy atom. The van der Waals surface area contributed by atoms with Crippen LogP contribution >= 0.6 is 11.8 Å². The molecule has 0 saturated carbocycles. The van der Waals surface area contributed by atoms with Crippen LogP contribution in [-0.2, 0) is 4.74 Å². The second-order valence-corrected chi connectivity index (χ2v) is 9.79. The van der Waals surface area contributed by atoms with Crippen molar-refractivity contribution < 1.29 is 19.4 Å². The number of thioether (sulfide) groups is 1. The van der Waals surface area contributed by atoms with Gasteiger partial charge in [0.25, 0.3) is 5.91 Å². The molecule has 2 rings (SSSR count). The fourth-order valence-electron chi connectivity index (χ4n) is 4.21. The van der Waals surface area contributed by atoms with E-state index in [1.54, 1.807) is 24.3 Å². The summed E-state index contributed by atoms with van der Waals surface area (Å²) in [6, 6.07) is 10.6. The van der Waals surface area contributed by atoms with Gasteiger partial charge in [-0.25, -0.2) is 4.79 Å². The van der Waals surface area contributed by atoms with Crippen molar-refractivity contribution in [2.45, 2.75) is 89.4 Å². The van der Waals surface area contributed by atoms with Gasteiger partial charge in [-0.1, -0.05) is 71.4 Å². The van der Waals surface area contributed by atoms with Crippen LogP contribution in [0.2, 0.25) is 0 Å². The van der Waals surface area contributed by atoms with Crippen molar-refractivity contribution in [2.24, 2.45) is 0 Å². The van der Waals surface area contributed by atoms with E-state index in [0.29, 0.717) is 17.9 Å². The predicted octanol–water partition coefficient (Wildman–Crippen LogP) is 8.18. The zero-order valence-electron chi connectivity index (χ0n) is 21.7. The first-order chi connectivity index (χ1) is 17.0. The second-order valence-electron chi connectivity index (χ2n) is 8.94. The maximum Gasteiger partial charge on any atom is 0.338 e. The Morgan fingerprint density at radius 1 is 0.971 bits per heavy atom. The Balaban J connectivity index is 2.24. The molecular formula is C29H41NO4S. The number of phenolic OH excluding ortho intramolecular Hbond substituents is 1. The highest BCUT2D eigenvalue weighted by Crippen LogP contribution is 2.36. The average molecular weight is 500 g/mol. The Bertz CT molecular complexity index is 960. The number of hydrogen-bond acceptors (Lipinski definition) is 5. The van der Waals surface area contributed by atoms with E-state index in [2.05, 4.69) is 19.2 Å². The van der Waals surface area contributed by atoms with Crippen LogP contribution < -0.4 is 5.32 Å². The number of carbonyl (C=O) groups is 2. The Morgan fingerprint density at radius 2 is 1.74 bits per heavy atom. The largest absolute Gasteiger partial charge is 0.507 e. The number of phenols is 1. The standard InChI is InChI=1S/C29H41NO4S/c1-5-8-10-11-14-21(13-7-3)23-15-12-16-24(27(23)31)28(32)30-25-20-22(17-18-26(25)35-4)29(33)34-19-9-6-2/h12,15-18,20-21,31H,5-11,13-14,19H2,1-4H3,(H,30,32). The summed E-state index contributed by atoms with van der Waals surface area (Å²) in [4.78, 5) is 26.5. The van der Waals surface area contributed by atoms with E-state index < -0.39 is 11.9 Å². The van der Waals surface area contributed by atoms with E-state index in [0.717, 1.165) is 49.0 Å². The van der Waals surface area contributed by atoms with Crippen molar-refractivity contribution in [1.29, 1.82) is 0 Å². The fraction of sp³-hybridized carbons (Fsp3) is 0.517. The monoisotopic (exact) mass is 499 g/mol. The molecule has 0 aromatic heterocycles. The molecular weight excluding hydrogens is 458 g/mol. The van der Waals surface area contributed by atoms with Crippen molar-refractivity contribution in [3.63, 3.8) is 0 Å². The quantitative estimate of drug-likeness (QED) is 0.147. The van der Waals surface area contributed by atoms with Crippen LogP contribution in [0.15, 0.2) is 41.3 Å². The van der Waals surface area contributed by atoms with Gasteiger partial charge in [0.2, 0.25) is 0 Å². The van der Waals surface area contributed by atoms with Gasteiger partial charge >= 0.3 is 5.97 Å². The van der Waals surface area contributed by atoms with Gasteiger partial charge < -0.3 is 15.2 Å². The number of nitrogens with one attached hydrogen (secondary N) is 1. The third-order valence-electron chi connectivity index (χ3n) is 6.21. The molecule has 1 amide bonds. The summed E-state index contributed by atoms with van der Waals surface area (Å²) in [7, 11) is 0. The van der Waals surface area contributed by atoms with Crippen LogP contribution in [0.4, 0.5) is 5.69 Å². The molecule has 0 spiro atoms. The van der Waals surface area contributed by atoms with E-state index in [-0.39, 0.29) is 17.2 Å². The Labute approximate surface area is 215 Å². The summed E-state index contributed by atoms with van der Waals surface area (Å²) in [5, 5.41) is 14.0. The number of benzene rings is 2. The van der Waals surface area contributed by atoms with Crippen LogP contribution in [0, 0.1) is 0 Å². The van der Waals surface area contributed by atoms with Gasteiger partial charge in [-0.2, -0.15) is 0 Å². The van der Waals surface area contributed by atoms with Gasteiger partial charge in [-0.3, -0.25) is 4.79 Å².